The van der Waals surface area contributed by atoms with Gasteiger partial charge in [0.1, 0.15) is 0 Å². The minimum absolute atomic E-state index is 0.398. The summed E-state index contributed by atoms with van der Waals surface area (Å²) in [6.07, 6.45) is 2.17. The predicted molar refractivity (Wildman–Crippen MR) is 77.6 cm³/mol. The van der Waals surface area contributed by atoms with E-state index in [-0.39, 0.29) is 0 Å². The van der Waals surface area contributed by atoms with Gasteiger partial charge in [0.25, 0.3) is 0 Å². The molecule has 1 rings (SSSR count). The lowest BCUT2D eigenvalue weighted by Gasteiger charge is -2.17. The molecule has 0 bridgehead atoms. The summed E-state index contributed by atoms with van der Waals surface area (Å²) in [6.45, 7) is 7.39. The highest BCUT2D eigenvalue weighted by Gasteiger charge is 2.10. The molecular formula is C14H25NO2S. The fourth-order valence-corrected chi connectivity index (χ4v) is 2.85. The van der Waals surface area contributed by atoms with Crippen molar-refractivity contribution < 1.29 is 9.47 Å². The Bertz CT molecular complexity index is 314. The summed E-state index contributed by atoms with van der Waals surface area (Å²) in [5.74, 6) is 0. The molecule has 4 heteroatoms. The van der Waals surface area contributed by atoms with E-state index < -0.39 is 0 Å². The zero-order valence-electron chi connectivity index (χ0n) is 11.7. The van der Waals surface area contributed by atoms with Crippen molar-refractivity contribution in [3.05, 3.63) is 21.9 Å². The first kappa shape index (κ1) is 15.6. The van der Waals surface area contributed by atoms with Crippen LogP contribution in [-0.4, -0.2) is 39.5 Å². The van der Waals surface area contributed by atoms with E-state index in [0.717, 1.165) is 26.0 Å². The summed E-state index contributed by atoms with van der Waals surface area (Å²) in [7, 11) is 1.70. The Morgan fingerprint density at radius 2 is 2.00 bits per heavy atom. The van der Waals surface area contributed by atoms with Gasteiger partial charge in [0.2, 0.25) is 0 Å². The van der Waals surface area contributed by atoms with Crippen LogP contribution in [0.4, 0.5) is 0 Å². The van der Waals surface area contributed by atoms with E-state index in [4.69, 9.17) is 9.47 Å². The van der Waals surface area contributed by atoms with E-state index in [0.29, 0.717) is 19.3 Å². The Kier molecular flexibility index (Phi) is 8.25. The van der Waals surface area contributed by atoms with Crippen molar-refractivity contribution in [1.82, 2.24) is 5.32 Å². The predicted octanol–water partition coefficient (Wildman–Crippen LogP) is 2.49. The monoisotopic (exact) mass is 271 g/mol. The largest absolute Gasteiger partial charge is 0.382 e. The number of nitrogens with one attached hydrogen (secondary N) is 1. The highest BCUT2D eigenvalue weighted by Crippen LogP contribution is 2.18. The second-order valence-corrected chi connectivity index (χ2v) is 5.50. The zero-order chi connectivity index (χ0) is 13.2. The Morgan fingerprint density at radius 3 is 2.61 bits per heavy atom. The normalized spacial score (nSPS) is 12.8. The van der Waals surface area contributed by atoms with Gasteiger partial charge in [-0.15, -0.1) is 11.3 Å². The van der Waals surface area contributed by atoms with E-state index in [1.165, 1.54) is 9.75 Å². The van der Waals surface area contributed by atoms with Crippen molar-refractivity contribution in [3.8, 4) is 0 Å². The lowest BCUT2D eigenvalue weighted by atomic mass is 10.2. The van der Waals surface area contributed by atoms with E-state index in [2.05, 4.69) is 31.3 Å². The van der Waals surface area contributed by atoms with Crippen LogP contribution in [0, 0.1) is 0 Å². The summed E-state index contributed by atoms with van der Waals surface area (Å²) in [5.41, 5.74) is 0. The average Bonchev–Trinajstić information content (AvgIpc) is 2.82. The van der Waals surface area contributed by atoms with Gasteiger partial charge in [0.05, 0.1) is 19.8 Å². The molecule has 0 aliphatic heterocycles. The molecule has 0 spiro atoms. The molecule has 0 aliphatic carbocycles. The second-order valence-electron chi connectivity index (χ2n) is 4.25. The van der Waals surface area contributed by atoms with Crippen molar-refractivity contribution in [2.75, 3.05) is 33.5 Å². The quantitative estimate of drug-likeness (QED) is 0.663. The topological polar surface area (TPSA) is 30.5 Å². The van der Waals surface area contributed by atoms with Crippen LogP contribution < -0.4 is 5.32 Å². The maximum Gasteiger partial charge on any atom is 0.0701 e. The molecule has 3 nitrogen and oxygen atoms in total. The second kappa shape index (κ2) is 9.50. The van der Waals surface area contributed by atoms with Gasteiger partial charge >= 0.3 is 0 Å². The minimum atomic E-state index is 0.398. The van der Waals surface area contributed by atoms with Gasteiger partial charge in [0.15, 0.2) is 0 Å². The van der Waals surface area contributed by atoms with Crippen LogP contribution in [0.5, 0.6) is 0 Å². The standard InChI is InChI=1S/C14H25NO2S/c1-4-13-6-7-14(18-13)10-12(15-5-2)11-17-9-8-16-3/h6-7,12,15H,4-5,8-11H2,1-3H3. The van der Waals surface area contributed by atoms with E-state index in [9.17, 15) is 0 Å². The molecule has 1 heterocycles. The van der Waals surface area contributed by atoms with Crippen molar-refractivity contribution in [2.24, 2.45) is 0 Å². The zero-order valence-corrected chi connectivity index (χ0v) is 12.5. The summed E-state index contributed by atoms with van der Waals surface area (Å²) < 4.78 is 10.6. The molecule has 1 atom stereocenters. The van der Waals surface area contributed by atoms with Gasteiger partial charge in [-0.25, -0.2) is 0 Å². The number of hydrogen-bond donors (Lipinski definition) is 1. The number of rotatable bonds is 10. The molecule has 18 heavy (non-hydrogen) atoms. The van der Waals surface area contributed by atoms with Crippen LogP contribution in [-0.2, 0) is 22.3 Å². The van der Waals surface area contributed by atoms with Crippen molar-refractivity contribution in [3.63, 3.8) is 0 Å². The highest BCUT2D eigenvalue weighted by molar-refractivity contribution is 7.11. The summed E-state index contributed by atoms with van der Waals surface area (Å²) in [6, 6.07) is 4.87. The molecule has 1 N–H and O–H groups in total. The maximum absolute atomic E-state index is 5.61. The molecule has 0 saturated carbocycles. The lowest BCUT2D eigenvalue weighted by molar-refractivity contribution is 0.0590. The molecule has 1 unspecified atom stereocenters. The molecular weight excluding hydrogens is 246 g/mol. The highest BCUT2D eigenvalue weighted by atomic mass is 32.1. The first-order valence-electron chi connectivity index (χ1n) is 6.67. The van der Waals surface area contributed by atoms with Gasteiger partial charge in [0, 0.05) is 22.9 Å². The van der Waals surface area contributed by atoms with E-state index >= 15 is 0 Å². The number of aryl methyl sites for hydroxylation is 1. The summed E-state index contributed by atoms with van der Waals surface area (Å²) >= 11 is 1.91. The van der Waals surface area contributed by atoms with E-state index in [1.807, 2.05) is 11.3 Å². The molecule has 1 aromatic rings. The third kappa shape index (κ3) is 5.96. The number of thiophene rings is 1. The molecule has 0 fully saturated rings. The molecule has 0 aromatic carbocycles. The van der Waals surface area contributed by atoms with Gasteiger partial charge in [-0.3, -0.25) is 0 Å². The molecule has 0 amide bonds. The fourth-order valence-electron chi connectivity index (χ4n) is 1.81. The first-order valence-corrected chi connectivity index (χ1v) is 7.49. The van der Waals surface area contributed by atoms with Crippen LogP contribution in [0.1, 0.15) is 23.6 Å². The average molecular weight is 271 g/mol. The Hall–Kier alpha value is -0.420. The number of likely N-dealkylation sites (N-methyl/N-ethyl adjacent to an activating group) is 1. The number of ether oxygens (including phenoxy) is 2. The van der Waals surface area contributed by atoms with Crippen molar-refractivity contribution in [2.45, 2.75) is 32.7 Å². The first-order chi connectivity index (χ1) is 8.80. The van der Waals surface area contributed by atoms with Crippen LogP contribution in [0.3, 0.4) is 0 Å². The van der Waals surface area contributed by atoms with Crippen LogP contribution in [0.15, 0.2) is 12.1 Å². The summed E-state index contributed by atoms with van der Waals surface area (Å²) in [5, 5.41) is 3.48. The van der Waals surface area contributed by atoms with E-state index in [1.54, 1.807) is 7.11 Å². The summed E-state index contributed by atoms with van der Waals surface area (Å²) in [4.78, 5) is 2.90. The smallest absolute Gasteiger partial charge is 0.0701 e. The van der Waals surface area contributed by atoms with Crippen molar-refractivity contribution >= 4 is 11.3 Å². The molecule has 0 aliphatic rings. The number of methoxy groups -OCH3 is 1. The Morgan fingerprint density at radius 1 is 1.22 bits per heavy atom. The SMILES string of the molecule is CCNC(COCCOC)Cc1ccc(CC)s1. The fraction of sp³-hybridized carbons (Fsp3) is 0.714. The minimum Gasteiger partial charge on any atom is -0.382 e. The van der Waals surface area contributed by atoms with Gasteiger partial charge < -0.3 is 14.8 Å². The maximum atomic E-state index is 5.61. The molecule has 0 radical (unpaired) electrons. The lowest BCUT2D eigenvalue weighted by Crippen LogP contribution is -2.35. The van der Waals surface area contributed by atoms with Gasteiger partial charge in [-0.1, -0.05) is 13.8 Å². The molecule has 104 valence electrons. The van der Waals surface area contributed by atoms with Crippen LogP contribution in [0.25, 0.3) is 0 Å². The Labute approximate surface area is 114 Å². The Balaban J connectivity index is 2.36. The van der Waals surface area contributed by atoms with Crippen LogP contribution in [0.2, 0.25) is 0 Å². The molecule has 1 aromatic heterocycles. The third-order valence-corrected chi connectivity index (χ3v) is 4.01. The van der Waals surface area contributed by atoms with Crippen LogP contribution >= 0.6 is 11.3 Å². The third-order valence-electron chi connectivity index (χ3n) is 2.76. The van der Waals surface area contributed by atoms with Gasteiger partial charge in [-0.2, -0.15) is 0 Å². The van der Waals surface area contributed by atoms with Crippen molar-refractivity contribution in [1.29, 1.82) is 0 Å². The molecule has 0 saturated heterocycles. The number of hydrogen-bond acceptors (Lipinski definition) is 4. The van der Waals surface area contributed by atoms with Gasteiger partial charge in [-0.05, 0) is 31.5 Å².